The van der Waals surface area contributed by atoms with E-state index in [4.69, 9.17) is 0 Å². The molecule has 1 N–H and O–H groups in total. The van der Waals surface area contributed by atoms with E-state index in [9.17, 15) is 13.2 Å². The highest BCUT2D eigenvalue weighted by Crippen LogP contribution is 2.33. The normalized spacial score (nSPS) is 28.4. The van der Waals surface area contributed by atoms with Crippen molar-refractivity contribution in [3.63, 3.8) is 0 Å². The Morgan fingerprint density at radius 3 is 2.50 bits per heavy atom. The second-order valence-electron chi connectivity index (χ2n) is 6.08. The zero-order valence-corrected chi connectivity index (χ0v) is 15.1. The van der Waals surface area contributed by atoms with Gasteiger partial charge < -0.3 is 4.90 Å². The van der Waals surface area contributed by atoms with Crippen LogP contribution in [0.25, 0.3) is 0 Å². The molecule has 1 aliphatic carbocycles. The number of halogens is 1. The number of hydrogen-bond donors (Lipinski definition) is 1. The molecule has 22 heavy (non-hydrogen) atoms. The molecule has 1 saturated heterocycles. The molecule has 3 rings (SSSR count). The molecule has 1 aliphatic heterocycles. The van der Waals surface area contributed by atoms with Crippen molar-refractivity contribution in [3.8, 4) is 0 Å². The van der Waals surface area contributed by atoms with Gasteiger partial charge in [0.15, 0.2) is 9.84 Å². The van der Waals surface area contributed by atoms with Crippen molar-refractivity contribution in [2.24, 2.45) is 5.92 Å². The van der Waals surface area contributed by atoms with Crippen molar-refractivity contribution in [1.29, 1.82) is 0 Å². The van der Waals surface area contributed by atoms with E-state index in [-0.39, 0.29) is 18.2 Å². The minimum Gasteiger partial charge on any atom is -0.339 e. The molecule has 0 unspecified atom stereocenters. The average molecular weight is 434 g/mol. The second-order valence-corrected chi connectivity index (χ2v) is 8.93. The highest BCUT2D eigenvalue weighted by Gasteiger charge is 2.41. The quantitative estimate of drug-likeness (QED) is 0.579. The molecule has 2 fully saturated rings. The lowest BCUT2D eigenvalue weighted by molar-refractivity contribution is -0.132. The molecule has 1 heterocycles. The zero-order valence-electron chi connectivity index (χ0n) is 12.1. The third-order valence-corrected chi connectivity index (χ3v) is 7.14. The lowest BCUT2D eigenvalue weighted by atomic mass is 10.1. The monoisotopic (exact) mass is 434 g/mol. The van der Waals surface area contributed by atoms with Crippen LogP contribution in [0.4, 0.5) is 0 Å². The van der Waals surface area contributed by atoms with Crippen molar-refractivity contribution in [3.05, 3.63) is 35.9 Å². The molecule has 2 aliphatic rings. The summed E-state index contributed by atoms with van der Waals surface area (Å²) in [5.41, 5.74) is 0.769. The Morgan fingerprint density at radius 2 is 1.91 bits per heavy atom. The van der Waals surface area contributed by atoms with Gasteiger partial charge in [0.05, 0.1) is 5.75 Å². The largest absolute Gasteiger partial charge is 0.339 e. The van der Waals surface area contributed by atoms with E-state index in [1.807, 2.05) is 53.2 Å². The van der Waals surface area contributed by atoms with Gasteiger partial charge in [-0.15, -0.1) is 0 Å². The van der Waals surface area contributed by atoms with E-state index in [1.54, 1.807) is 4.90 Å². The van der Waals surface area contributed by atoms with Crippen LogP contribution in [0.3, 0.4) is 0 Å². The lowest BCUT2D eigenvalue weighted by Crippen LogP contribution is -2.45. The smallest absolute Gasteiger partial charge is 0.241 e. The summed E-state index contributed by atoms with van der Waals surface area (Å²) in [5, 5.41) is -0.633. The molecule has 7 heteroatoms. The number of nitrogens with one attached hydrogen (secondary N) is 1. The van der Waals surface area contributed by atoms with E-state index < -0.39 is 21.1 Å². The van der Waals surface area contributed by atoms with Crippen LogP contribution in [0.1, 0.15) is 23.7 Å². The summed E-state index contributed by atoms with van der Waals surface area (Å²) >= 11 is 1.88. The standard InChI is InChI=1S/C15H19IN2O3S/c16-17-13-10-22(20,21)14(12-4-2-1-3-5-12)9-18(15(13)19)8-11-6-7-11/h1-5,11,13-14,17H,6-10H2/t13-,14-/m1/s1. The fourth-order valence-corrected chi connectivity index (χ4v) is 5.57. The lowest BCUT2D eigenvalue weighted by Gasteiger charge is -2.25. The fourth-order valence-electron chi connectivity index (χ4n) is 2.88. The summed E-state index contributed by atoms with van der Waals surface area (Å²) < 4.78 is 28.3. The number of benzene rings is 1. The molecule has 0 spiro atoms. The molecule has 2 atom stereocenters. The van der Waals surface area contributed by atoms with Gasteiger partial charge in [0.1, 0.15) is 11.3 Å². The fraction of sp³-hybridized carbons (Fsp3) is 0.533. The summed E-state index contributed by atoms with van der Waals surface area (Å²) in [7, 11) is -3.39. The number of carbonyl (C=O) groups is 1. The highest BCUT2D eigenvalue weighted by molar-refractivity contribution is 14.1. The molecule has 0 aromatic heterocycles. The van der Waals surface area contributed by atoms with Crippen LogP contribution in [0.5, 0.6) is 0 Å². The van der Waals surface area contributed by atoms with Crippen LogP contribution in [0.2, 0.25) is 0 Å². The van der Waals surface area contributed by atoms with E-state index in [0.29, 0.717) is 12.5 Å². The number of sulfone groups is 1. The van der Waals surface area contributed by atoms with Crippen molar-refractivity contribution >= 4 is 38.6 Å². The van der Waals surface area contributed by atoms with Gasteiger partial charge in [-0.2, -0.15) is 0 Å². The summed E-state index contributed by atoms with van der Waals surface area (Å²) in [6, 6.07) is 8.57. The average Bonchev–Trinajstić information content (AvgIpc) is 3.33. The molecule has 1 saturated carbocycles. The van der Waals surface area contributed by atoms with Crippen LogP contribution in [-0.4, -0.2) is 44.1 Å². The van der Waals surface area contributed by atoms with Crippen LogP contribution in [-0.2, 0) is 14.6 Å². The molecular weight excluding hydrogens is 415 g/mol. The topological polar surface area (TPSA) is 66.5 Å². The molecule has 1 aromatic rings. The highest BCUT2D eigenvalue weighted by atomic mass is 127. The number of nitrogens with zero attached hydrogens (tertiary/aromatic N) is 1. The first-order chi connectivity index (χ1) is 10.5. The van der Waals surface area contributed by atoms with Crippen LogP contribution < -0.4 is 3.53 Å². The number of hydrogen-bond acceptors (Lipinski definition) is 4. The molecule has 5 nitrogen and oxygen atoms in total. The van der Waals surface area contributed by atoms with E-state index in [2.05, 4.69) is 3.53 Å². The maximum atomic E-state index is 12.7. The summed E-state index contributed by atoms with van der Waals surface area (Å²) in [6.45, 7) is 0.934. The first-order valence-electron chi connectivity index (χ1n) is 7.42. The Morgan fingerprint density at radius 1 is 1.23 bits per heavy atom. The van der Waals surface area contributed by atoms with E-state index in [0.717, 1.165) is 18.4 Å². The van der Waals surface area contributed by atoms with E-state index >= 15 is 0 Å². The maximum absolute atomic E-state index is 12.7. The minimum absolute atomic E-state index is 0.0942. The Bertz CT molecular complexity index is 646. The molecule has 1 aromatic carbocycles. The van der Waals surface area contributed by atoms with Gasteiger partial charge in [0.2, 0.25) is 5.91 Å². The predicted octanol–water partition coefficient (Wildman–Crippen LogP) is 1.70. The van der Waals surface area contributed by atoms with Crippen molar-refractivity contribution in [2.75, 3.05) is 18.8 Å². The molecule has 1 amide bonds. The summed E-state index contributed by atoms with van der Waals surface area (Å²) in [5.74, 6) is 0.300. The third-order valence-electron chi connectivity index (χ3n) is 4.31. The number of rotatable bonds is 4. The predicted molar refractivity (Wildman–Crippen MR) is 93.2 cm³/mol. The van der Waals surface area contributed by atoms with Gasteiger partial charge in [0, 0.05) is 36.0 Å². The SMILES string of the molecule is O=C1[C@H](NI)CS(=O)(=O)[C@@H](c2ccccc2)CN1CC1CC1. The summed E-state index contributed by atoms with van der Waals surface area (Å²) in [6.07, 6.45) is 2.27. The minimum atomic E-state index is -3.39. The van der Waals surface area contributed by atoms with Crippen molar-refractivity contribution in [2.45, 2.75) is 24.1 Å². The van der Waals surface area contributed by atoms with Crippen molar-refractivity contribution < 1.29 is 13.2 Å². The molecule has 0 bridgehead atoms. The van der Waals surface area contributed by atoms with E-state index in [1.165, 1.54) is 0 Å². The van der Waals surface area contributed by atoms with Crippen molar-refractivity contribution in [1.82, 2.24) is 8.43 Å². The van der Waals surface area contributed by atoms with Gasteiger partial charge >= 0.3 is 0 Å². The van der Waals surface area contributed by atoms with Gasteiger partial charge in [0.25, 0.3) is 0 Å². The summed E-state index contributed by atoms with van der Waals surface area (Å²) in [4.78, 5) is 14.3. The Kier molecular flexibility index (Phi) is 4.75. The van der Waals surface area contributed by atoms with Crippen LogP contribution >= 0.6 is 22.9 Å². The Hall–Kier alpha value is -0.670. The number of carbonyl (C=O) groups excluding carboxylic acids is 1. The first kappa shape index (κ1) is 16.2. The first-order valence-corrected chi connectivity index (χ1v) is 10.2. The Labute approximate surface area is 144 Å². The molecular formula is C15H19IN2O3S. The van der Waals surface area contributed by atoms with Gasteiger partial charge in [-0.25, -0.2) is 11.9 Å². The second kappa shape index (κ2) is 6.45. The van der Waals surface area contributed by atoms with Gasteiger partial charge in [-0.1, -0.05) is 30.3 Å². The molecule has 120 valence electrons. The number of amides is 1. The van der Waals surface area contributed by atoms with Crippen LogP contribution in [0, 0.1) is 5.92 Å². The zero-order chi connectivity index (χ0) is 15.7. The van der Waals surface area contributed by atoms with Gasteiger partial charge in [-0.05, 0) is 24.3 Å². The molecule has 0 radical (unpaired) electrons. The van der Waals surface area contributed by atoms with Crippen LogP contribution in [0.15, 0.2) is 30.3 Å². The third kappa shape index (κ3) is 3.46. The Balaban J connectivity index is 1.95. The van der Waals surface area contributed by atoms with Gasteiger partial charge in [-0.3, -0.25) is 4.79 Å². The maximum Gasteiger partial charge on any atom is 0.241 e.